The van der Waals surface area contributed by atoms with Crippen LogP contribution in [0.2, 0.25) is 0 Å². The van der Waals surface area contributed by atoms with Gasteiger partial charge in [0.25, 0.3) is 5.91 Å². The highest BCUT2D eigenvalue weighted by molar-refractivity contribution is 14.1. The molecule has 20 heavy (non-hydrogen) atoms. The Bertz CT molecular complexity index is 565. The van der Waals surface area contributed by atoms with E-state index in [0.717, 1.165) is 14.9 Å². The number of carbonyl (C=O) groups excluding carboxylic acids is 1. The fourth-order valence-corrected chi connectivity index (χ4v) is 3.43. The molecule has 0 fully saturated rings. The highest BCUT2D eigenvalue weighted by atomic mass is 127. The Kier molecular flexibility index (Phi) is 5.60. The molecule has 0 aliphatic heterocycles. The molecular weight excluding hydrogens is 381 g/mol. The van der Waals surface area contributed by atoms with Gasteiger partial charge < -0.3 is 5.32 Å². The zero-order valence-corrected chi connectivity index (χ0v) is 14.6. The molecular formula is C16H18INOS. The standard InChI is InChI=1S/C16H18INOS/c1-11(2)8-14(12-6-4-3-5-7-12)18-16(19)13-9-15(17)20-10-13/h3-7,9-11,14H,8H2,1-2H3,(H,18,19). The van der Waals surface area contributed by atoms with Crippen LogP contribution in [0.3, 0.4) is 0 Å². The van der Waals surface area contributed by atoms with Crippen molar-refractivity contribution in [2.45, 2.75) is 26.3 Å². The monoisotopic (exact) mass is 399 g/mol. The smallest absolute Gasteiger partial charge is 0.252 e. The number of nitrogens with one attached hydrogen (secondary N) is 1. The van der Waals surface area contributed by atoms with Gasteiger partial charge in [-0.05, 0) is 46.6 Å². The first-order valence-corrected chi connectivity index (χ1v) is 8.62. The topological polar surface area (TPSA) is 29.1 Å². The molecule has 0 radical (unpaired) electrons. The number of benzene rings is 1. The molecule has 0 aliphatic carbocycles. The van der Waals surface area contributed by atoms with Crippen molar-refractivity contribution in [1.82, 2.24) is 5.32 Å². The van der Waals surface area contributed by atoms with Crippen molar-refractivity contribution in [3.05, 3.63) is 55.8 Å². The van der Waals surface area contributed by atoms with E-state index in [2.05, 4.69) is 53.9 Å². The number of amides is 1. The van der Waals surface area contributed by atoms with E-state index in [-0.39, 0.29) is 11.9 Å². The molecule has 2 aromatic rings. The molecule has 0 saturated carbocycles. The number of hydrogen-bond acceptors (Lipinski definition) is 2. The zero-order valence-electron chi connectivity index (χ0n) is 11.6. The maximum absolute atomic E-state index is 12.3. The molecule has 0 aliphatic rings. The van der Waals surface area contributed by atoms with Crippen molar-refractivity contribution in [2.75, 3.05) is 0 Å². The van der Waals surface area contributed by atoms with Gasteiger partial charge in [-0.2, -0.15) is 0 Å². The summed E-state index contributed by atoms with van der Waals surface area (Å²) >= 11 is 3.83. The molecule has 0 bridgehead atoms. The van der Waals surface area contributed by atoms with E-state index in [1.807, 2.05) is 29.6 Å². The van der Waals surface area contributed by atoms with E-state index < -0.39 is 0 Å². The van der Waals surface area contributed by atoms with Gasteiger partial charge in [0.15, 0.2) is 0 Å². The van der Waals surface area contributed by atoms with Gasteiger partial charge in [-0.1, -0.05) is 44.2 Å². The summed E-state index contributed by atoms with van der Waals surface area (Å²) in [6.45, 7) is 4.35. The van der Waals surface area contributed by atoms with Gasteiger partial charge in [0.2, 0.25) is 0 Å². The van der Waals surface area contributed by atoms with Gasteiger partial charge >= 0.3 is 0 Å². The third kappa shape index (κ3) is 4.31. The largest absolute Gasteiger partial charge is 0.345 e. The van der Waals surface area contributed by atoms with E-state index in [4.69, 9.17) is 0 Å². The SMILES string of the molecule is CC(C)CC(NC(=O)c1csc(I)c1)c1ccccc1. The van der Waals surface area contributed by atoms with Gasteiger partial charge in [0, 0.05) is 5.38 Å². The molecule has 1 N–H and O–H groups in total. The van der Waals surface area contributed by atoms with Gasteiger partial charge in [0.05, 0.1) is 14.5 Å². The summed E-state index contributed by atoms with van der Waals surface area (Å²) in [7, 11) is 0. The first-order chi connectivity index (χ1) is 9.56. The molecule has 1 aromatic carbocycles. The Morgan fingerprint density at radius 2 is 2.00 bits per heavy atom. The molecule has 1 amide bonds. The van der Waals surface area contributed by atoms with E-state index in [1.165, 1.54) is 5.56 Å². The number of carbonyl (C=O) groups is 1. The third-order valence-corrected chi connectivity index (χ3v) is 4.83. The summed E-state index contributed by atoms with van der Waals surface area (Å²) in [5, 5.41) is 5.07. The Morgan fingerprint density at radius 1 is 1.30 bits per heavy atom. The highest BCUT2D eigenvalue weighted by Crippen LogP contribution is 2.23. The fourth-order valence-electron chi connectivity index (χ4n) is 2.11. The first kappa shape index (κ1) is 15.5. The lowest BCUT2D eigenvalue weighted by atomic mass is 9.97. The summed E-state index contributed by atoms with van der Waals surface area (Å²) in [4.78, 5) is 12.3. The van der Waals surface area contributed by atoms with Crippen molar-refractivity contribution in [3.8, 4) is 0 Å². The van der Waals surface area contributed by atoms with Crippen LogP contribution in [0.4, 0.5) is 0 Å². The van der Waals surface area contributed by atoms with E-state index in [0.29, 0.717) is 5.92 Å². The Hall–Kier alpha value is -0.880. The zero-order chi connectivity index (χ0) is 14.5. The minimum absolute atomic E-state index is 0.0127. The molecule has 1 heterocycles. The maximum Gasteiger partial charge on any atom is 0.252 e. The molecule has 2 rings (SSSR count). The molecule has 1 atom stereocenters. The lowest BCUT2D eigenvalue weighted by Gasteiger charge is -2.21. The first-order valence-electron chi connectivity index (χ1n) is 6.66. The van der Waals surface area contributed by atoms with Crippen LogP contribution in [0.25, 0.3) is 0 Å². The van der Waals surface area contributed by atoms with Crippen LogP contribution in [-0.4, -0.2) is 5.91 Å². The van der Waals surface area contributed by atoms with Crippen LogP contribution in [-0.2, 0) is 0 Å². The molecule has 0 saturated heterocycles. The van der Waals surface area contributed by atoms with Crippen LogP contribution < -0.4 is 5.32 Å². The predicted molar refractivity (Wildman–Crippen MR) is 93.1 cm³/mol. The van der Waals surface area contributed by atoms with E-state index >= 15 is 0 Å². The number of rotatable bonds is 5. The van der Waals surface area contributed by atoms with E-state index in [9.17, 15) is 4.79 Å². The maximum atomic E-state index is 12.3. The van der Waals surface area contributed by atoms with Gasteiger partial charge in [-0.15, -0.1) is 11.3 Å². The summed E-state index contributed by atoms with van der Waals surface area (Å²) < 4.78 is 1.13. The van der Waals surface area contributed by atoms with Gasteiger partial charge in [-0.3, -0.25) is 4.79 Å². The fraction of sp³-hybridized carbons (Fsp3) is 0.312. The van der Waals surface area contributed by atoms with Gasteiger partial charge in [0.1, 0.15) is 0 Å². The summed E-state index contributed by atoms with van der Waals surface area (Å²) in [6.07, 6.45) is 0.941. The molecule has 0 spiro atoms. The molecule has 106 valence electrons. The van der Waals surface area contributed by atoms with Crippen LogP contribution in [0, 0.1) is 8.80 Å². The van der Waals surface area contributed by atoms with Crippen molar-refractivity contribution < 1.29 is 4.79 Å². The minimum Gasteiger partial charge on any atom is -0.345 e. The lowest BCUT2D eigenvalue weighted by Crippen LogP contribution is -2.29. The average Bonchev–Trinajstić information content (AvgIpc) is 2.85. The summed E-state index contributed by atoms with van der Waals surface area (Å²) in [6, 6.07) is 12.2. The molecule has 1 aromatic heterocycles. The Labute approximate surface area is 137 Å². The molecule has 2 nitrogen and oxygen atoms in total. The number of hydrogen-bond donors (Lipinski definition) is 1. The predicted octanol–water partition coefficient (Wildman–Crippen LogP) is 4.87. The molecule has 4 heteroatoms. The van der Waals surface area contributed by atoms with Gasteiger partial charge in [-0.25, -0.2) is 0 Å². The second kappa shape index (κ2) is 7.22. The van der Waals surface area contributed by atoms with E-state index in [1.54, 1.807) is 11.3 Å². The summed E-state index contributed by atoms with van der Waals surface area (Å²) in [5.41, 5.74) is 1.92. The van der Waals surface area contributed by atoms with Crippen molar-refractivity contribution in [1.29, 1.82) is 0 Å². The Balaban J connectivity index is 2.14. The third-order valence-electron chi connectivity index (χ3n) is 3.04. The van der Waals surface area contributed by atoms with Crippen LogP contribution >= 0.6 is 33.9 Å². The Morgan fingerprint density at radius 3 is 2.55 bits per heavy atom. The summed E-state index contributed by atoms with van der Waals surface area (Å²) in [5.74, 6) is 0.543. The van der Waals surface area contributed by atoms with Crippen LogP contribution in [0.5, 0.6) is 0 Å². The number of halogens is 1. The second-order valence-electron chi connectivity index (χ2n) is 5.21. The normalized spacial score (nSPS) is 12.4. The molecule has 1 unspecified atom stereocenters. The number of thiophene rings is 1. The average molecular weight is 399 g/mol. The van der Waals surface area contributed by atoms with Crippen LogP contribution in [0.15, 0.2) is 41.8 Å². The minimum atomic E-state index is 0.0127. The quantitative estimate of drug-likeness (QED) is 0.715. The van der Waals surface area contributed by atoms with Crippen molar-refractivity contribution in [3.63, 3.8) is 0 Å². The highest BCUT2D eigenvalue weighted by Gasteiger charge is 2.17. The second-order valence-corrected chi connectivity index (χ2v) is 8.01. The van der Waals surface area contributed by atoms with Crippen molar-refractivity contribution >= 4 is 39.8 Å². The lowest BCUT2D eigenvalue weighted by molar-refractivity contribution is 0.0932. The van der Waals surface area contributed by atoms with Crippen molar-refractivity contribution in [2.24, 2.45) is 5.92 Å². The van der Waals surface area contributed by atoms with Crippen LogP contribution in [0.1, 0.15) is 42.2 Å².